The Bertz CT molecular complexity index is 906. The normalized spacial score (nSPS) is 18.9. The van der Waals surface area contributed by atoms with Gasteiger partial charge in [0.05, 0.1) is 17.1 Å². The zero-order valence-electron chi connectivity index (χ0n) is 15.5. The van der Waals surface area contributed by atoms with Crippen LogP contribution in [0.1, 0.15) is 19.3 Å². The topological polar surface area (TPSA) is 91.0 Å². The number of benzene rings is 2. The lowest BCUT2D eigenvalue weighted by Crippen LogP contribution is -2.39. The van der Waals surface area contributed by atoms with Crippen LogP contribution in [0.2, 0.25) is 0 Å². The highest BCUT2D eigenvalue weighted by atomic mass is 16.2. The van der Waals surface area contributed by atoms with E-state index < -0.39 is 11.9 Å². The second kappa shape index (κ2) is 7.72. The van der Waals surface area contributed by atoms with Crippen molar-refractivity contribution in [2.24, 2.45) is 10.8 Å². The number of rotatable bonds is 5. The summed E-state index contributed by atoms with van der Waals surface area (Å²) >= 11 is 0. The van der Waals surface area contributed by atoms with E-state index in [9.17, 15) is 9.59 Å². The second-order valence-electron chi connectivity index (χ2n) is 7.01. The van der Waals surface area contributed by atoms with Gasteiger partial charge in [-0.3, -0.25) is 14.6 Å². The Labute approximate surface area is 163 Å². The van der Waals surface area contributed by atoms with Gasteiger partial charge in [-0.2, -0.15) is 5.10 Å². The molecule has 0 aliphatic carbocycles. The first-order valence-electron chi connectivity index (χ1n) is 9.50. The Hall–Kier alpha value is -3.35. The average Bonchev–Trinajstić information content (AvgIpc) is 3.39. The van der Waals surface area contributed by atoms with E-state index in [1.165, 1.54) is 5.01 Å². The fourth-order valence-electron chi connectivity index (χ4n) is 3.70. The van der Waals surface area contributed by atoms with Crippen molar-refractivity contribution in [1.29, 1.82) is 0 Å². The van der Waals surface area contributed by atoms with Crippen molar-refractivity contribution in [3.05, 3.63) is 54.6 Å². The number of carbonyl (C=O) groups is 2. The maximum Gasteiger partial charge on any atom is 0.272 e. The van der Waals surface area contributed by atoms with E-state index in [0.717, 1.165) is 43.0 Å². The summed E-state index contributed by atoms with van der Waals surface area (Å²) in [6, 6.07) is 16.4. The molecule has 7 nitrogen and oxygen atoms in total. The molecule has 1 unspecified atom stereocenters. The molecule has 4 rings (SSSR count). The van der Waals surface area contributed by atoms with Gasteiger partial charge in [0.25, 0.3) is 5.91 Å². The highest BCUT2D eigenvalue weighted by molar-refractivity contribution is 6.44. The molecule has 0 radical (unpaired) electrons. The van der Waals surface area contributed by atoms with Gasteiger partial charge in [0, 0.05) is 19.5 Å². The highest BCUT2D eigenvalue weighted by Gasteiger charge is 2.35. The molecule has 2 aliphatic rings. The molecule has 2 aromatic rings. The van der Waals surface area contributed by atoms with Crippen molar-refractivity contribution < 1.29 is 9.59 Å². The van der Waals surface area contributed by atoms with Crippen LogP contribution in [-0.2, 0) is 9.59 Å². The van der Waals surface area contributed by atoms with Crippen LogP contribution >= 0.6 is 0 Å². The smallest absolute Gasteiger partial charge is 0.272 e. The first kappa shape index (κ1) is 18.0. The van der Waals surface area contributed by atoms with Crippen molar-refractivity contribution in [2.75, 3.05) is 28.3 Å². The lowest BCUT2D eigenvalue weighted by molar-refractivity contribution is -0.119. The molecule has 0 bridgehead atoms. The Balaban J connectivity index is 1.56. The molecule has 1 atom stereocenters. The number of hydrazone groups is 1. The molecule has 3 N–H and O–H groups in total. The van der Waals surface area contributed by atoms with E-state index in [4.69, 9.17) is 5.73 Å². The maximum atomic E-state index is 12.9. The minimum absolute atomic E-state index is 0.182. The number of primary amides is 1. The highest BCUT2D eigenvalue weighted by Crippen LogP contribution is 2.29. The minimum atomic E-state index is -0.669. The number of anilines is 3. The summed E-state index contributed by atoms with van der Waals surface area (Å²) in [5.74, 6) is -0.816. The number of carbonyl (C=O) groups excluding carboxylic acids is 2. The zero-order chi connectivity index (χ0) is 19.5. The molecular formula is C21H23N5O2. The van der Waals surface area contributed by atoms with Gasteiger partial charge in [-0.1, -0.05) is 30.3 Å². The Morgan fingerprint density at radius 3 is 2.39 bits per heavy atom. The molecule has 2 aromatic carbocycles. The fourth-order valence-corrected chi connectivity index (χ4v) is 3.70. The van der Waals surface area contributed by atoms with E-state index in [1.54, 1.807) is 0 Å². The van der Waals surface area contributed by atoms with Crippen molar-refractivity contribution >= 4 is 34.6 Å². The van der Waals surface area contributed by atoms with Gasteiger partial charge in [0.2, 0.25) is 5.91 Å². The number of hydrogen-bond acceptors (Lipinski definition) is 5. The van der Waals surface area contributed by atoms with Crippen LogP contribution in [0.4, 0.5) is 17.1 Å². The lowest BCUT2D eigenvalue weighted by Gasteiger charge is -2.21. The molecular weight excluding hydrogens is 354 g/mol. The number of nitrogens with two attached hydrogens (primary N) is 1. The maximum absolute atomic E-state index is 12.9. The minimum Gasteiger partial charge on any atom is -0.370 e. The second-order valence-corrected chi connectivity index (χ2v) is 7.01. The standard InChI is InChI=1S/C21H23N5O2/c22-20(27)19-14-17(24-26(19)15-8-2-1-3-9-15)21(28)23-16-10-4-5-11-18(16)25-12-6-7-13-25/h1-5,8-11,19H,6-7,12-14H2,(H2,22,27)(H,23,28). The molecule has 1 saturated heterocycles. The summed E-state index contributed by atoms with van der Waals surface area (Å²) in [5.41, 5.74) is 8.35. The number of nitrogens with zero attached hydrogens (tertiary/aromatic N) is 3. The molecule has 28 heavy (non-hydrogen) atoms. The predicted octanol–water partition coefficient (Wildman–Crippen LogP) is 2.35. The summed E-state index contributed by atoms with van der Waals surface area (Å²) in [6.07, 6.45) is 2.49. The molecule has 144 valence electrons. The third-order valence-electron chi connectivity index (χ3n) is 5.12. The number of hydrogen-bond donors (Lipinski definition) is 2. The summed E-state index contributed by atoms with van der Waals surface area (Å²) in [4.78, 5) is 27.1. The molecule has 0 saturated carbocycles. The van der Waals surface area contributed by atoms with Crippen LogP contribution in [0.15, 0.2) is 59.7 Å². The quantitative estimate of drug-likeness (QED) is 0.837. The Morgan fingerprint density at radius 2 is 1.68 bits per heavy atom. The summed E-state index contributed by atoms with van der Waals surface area (Å²) in [7, 11) is 0. The first-order chi connectivity index (χ1) is 13.6. The van der Waals surface area contributed by atoms with Crippen molar-refractivity contribution in [2.45, 2.75) is 25.3 Å². The first-order valence-corrected chi connectivity index (χ1v) is 9.50. The van der Waals surface area contributed by atoms with Crippen LogP contribution in [0.25, 0.3) is 0 Å². The van der Waals surface area contributed by atoms with Crippen LogP contribution in [-0.4, -0.2) is 36.7 Å². The zero-order valence-corrected chi connectivity index (χ0v) is 15.5. The Kier molecular flexibility index (Phi) is 4.97. The molecule has 2 heterocycles. The third-order valence-corrected chi connectivity index (χ3v) is 5.12. The van der Waals surface area contributed by atoms with Crippen molar-refractivity contribution in [3.8, 4) is 0 Å². The SMILES string of the molecule is NC(=O)C1CC(C(=O)Nc2ccccc2N2CCCC2)=NN1c1ccccc1. The third kappa shape index (κ3) is 3.55. The molecule has 2 amide bonds. The monoisotopic (exact) mass is 377 g/mol. The van der Waals surface area contributed by atoms with Crippen molar-refractivity contribution in [3.63, 3.8) is 0 Å². The van der Waals surface area contributed by atoms with Gasteiger partial charge in [0.1, 0.15) is 11.8 Å². The summed E-state index contributed by atoms with van der Waals surface area (Å²) in [5, 5.41) is 8.91. The van der Waals surface area contributed by atoms with Crippen LogP contribution in [0, 0.1) is 0 Å². The average molecular weight is 377 g/mol. The van der Waals surface area contributed by atoms with E-state index in [2.05, 4.69) is 15.3 Å². The van der Waals surface area contributed by atoms with E-state index in [-0.39, 0.29) is 12.3 Å². The predicted molar refractivity (Wildman–Crippen MR) is 110 cm³/mol. The summed E-state index contributed by atoms with van der Waals surface area (Å²) in [6.45, 7) is 1.97. The number of para-hydroxylation sites is 3. The largest absolute Gasteiger partial charge is 0.370 e. The van der Waals surface area contributed by atoms with Crippen molar-refractivity contribution in [1.82, 2.24) is 0 Å². The summed E-state index contributed by atoms with van der Waals surface area (Å²) < 4.78 is 0. The van der Waals surface area contributed by atoms with E-state index in [1.807, 2.05) is 54.6 Å². The van der Waals surface area contributed by atoms with Gasteiger partial charge in [-0.15, -0.1) is 0 Å². The fraction of sp³-hybridized carbons (Fsp3) is 0.286. The molecule has 1 fully saturated rings. The Morgan fingerprint density at radius 1 is 1.00 bits per heavy atom. The lowest BCUT2D eigenvalue weighted by atomic mass is 10.1. The van der Waals surface area contributed by atoms with E-state index in [0.29, 0.717) is 5.71 Å². The van der Waals surface area contributed by atoms with Crippen LogP contribution < -0.4 is 21.0 Å². The van der Waals surface area contributed by atoms with Gasteiger partial charge in [-0.05, 0) is 37.1 Å². The van der Waals surface area contributed by atoms with Gasteiger partial charge in [0.15, 0.2) is 0 Å². The molecule has 0 spiro atoms. The van der Waals surface area contributed by atoms with Crippen LogP contribution in [0.5, 0.6) is 0 Å². The van der Waals surface area contributed by atoms with Gasteiger partial charge in [-0.25, -0.2) is 0 Å². The van der Waals surface area contributed by atoms with Gasteiger partial charge >= 0.3 is 0 Å². The van der Waals surface area contributed by atoms with Gasteiger partial charge < -0.3 is 16.0 Å². The molecule has 2 aliphatic heterocycles. The molecule has 7 heteroatoms. The van der Waals surface area contributed by atoms with E-state index >= 15 is 0 Å². The van der Waals surface area contributed by atoms with Crippen LogP contribution in [0.3, 0.4) is 0 Å². The molecule has 0 aromatic heterocycles. The number of nitrogens with one attached hydrogen (secondary N) is 1. The number of amides is 2.